The van der Waals surface area contributed by atoms with Gasteiger partial charge in [-0.15, -0.1) is 0 Å². The lowest BCUT2D eigenvalue weighted by molar-refractivity contribution is 0.102. The second kappa shape index (κ2) is 7.53. The number of benzene rings is 1. The highest BCUT2D eigenvalue weighted by Crippen LogP contribution is 2.23. The first-order valence-corrected chi connectivity index (χ1v) is 7.68. The summed E-state index contributed by atoms with van der Waals surface area (Å²) in [5.41, 5.74) is 1.25. The third kappa shape index (κ3) is 3.98. The van der Waals surface area contributed by atoms with E-state index in [2.05, 4.69) is 15.3 Å². The van der Waals surface area contributed by atoms with Crippen molar-refractivity contribution in [1.29, 1.82) is 0 Å². The number of rotatable bonds is 5. The van der Waals surface area contributed by atoms with Gasteiger partial charge in [0, 0.05) is 24.2 Å². The second-order valence-electron chi connectivity index (χ2n) is 5.39. The van der Waals surface area contributed by atoms with E-state index in [9.17, 15) is 9.18 Å². The minimum atomic E-state index is -0.578. The van der Waals surface area contributed by atoms with Crippen LogP contribution >= 0.6 is 0 Å². The predicted octanol–water partition coefficient (Wildman–Crippen LogP) is 3.76. The Morgan fingerprint density at radius 3 is 2.80 bits per heavy atom. The van der Waals surface area contributed by atoms with E-state index in [1.165, 1.54) is 12.3 Å². The molecule has 0 atom stereocenters. The normalized spacial score (nSPS) is 10.3. The van der Waals surface area contributed by atoms with Crippen LogP contribution in [0.1, 0.15) is 21.5 Å². The first-order valence-electron chi connectivity index (χ1n) is 7.68. The lowest BCUT2D eigenvalue weighted by Gasteiger charge is -2.12. The van der Waals surface area contributed by atoms with E-state index in [0.29, 0.717) is 11.3 Å². The number of hydrogen-bond donors (Lipinski definition) is 1. The summed E-state index contributed by atoms with van der Waals surface area (Å²) in [5, 5.41) is 2.60. The number of carbonyl (C=O) groups excluding carboxylic acids is 1. The van der Waals surface area contributed by atoms with Crippen molar-refractivity contribution in [2.45, 2.75) is 13.5 Å². The van der Waals surface area contributed by atoms with Crippen molar-refractivity contribution >= 4 is 11.7 Å². The molecular weight excluding hydrogens is 321 g/mol. The molecule has 0 saturated carbocycles. The molecule has 3 aromatic rings. The van der Waals surface area contributed by atoms with Crippen molar-refractivity contribution < 1.29 is 13.9 Å². The molecule has 2 heterocycles. The van der Waals surface area contributed by atoms with Gasteiger partial charge in [0.25, 0.3) is 5.91 Å². The smallest absolute Gasteiger partial charge is 0.259 e. The summed E-state index contributed by atoms with van der Waals surface area (Å²) in [6.45, 7) is 1.89. The highest BCUT2D eigenvalue weighted by atomic mass is 19.1. The monoisotopic (exact) mass is 337 g/mol. The summed E-state index contributed by atoms with van der Waals surface area (Å²) >= 11 is 0. The zero-order valence-electron chi connectivity index (χ0n) is 13.6. The highest BCUT2D eigenvalue weighted by Gasteiger charge is 2.16. The average Bonchev–Trinajstić information content (AvgIpc) is 2.64. The van der Waals surface area contributed by atoms with Crippen molar-refractivity contribution in [3.63, 3.8) is 0 Å². The largest absolute Gasteiger partial charge is 0.485 e. The van der Waals surface area contributed by atoms with Crippen molar-refractivity contribution in [3.05, 3.63) is 83.6 Å². The molecule has 126 valence electrons. The van der Waals surface area contributed by atoms with E-state index in [1.54, 1.807) is 43.6 Å². The standard InChI is InChI=1S/C19H16FN3O2/c1-13-5-2-7-15(17(13)20)19(24)23-18-16(8-4-10-22-18)25-12-14-6-3-9-21-11-14/h2-11H,12H2,1H3,(H,22,23,24). The number of hydrogen-bond acceptors (Lipinski definition) is 4. The first-order chi connectivity index (χ1) is 12.1. The molecule has 1 aromatic carbocycles. The zero-order valence-corrected chi connectivity index (χ0v) is 13.6. The third-order valence-corrected chi connectivity index (χ3v) is 3.56. The summed E-state index contributed by atoms with van der Waals surface area (Å²) in [7, 11) is 0. The zero-order chi connectivity index (χ0) is 17.6. The molecule has 0 aliphatic carbocycles. The quantitative estimate of drug-likeness (QED) is 0.770. The van der Waals surface area contributed by atoms with Crippen molar-refractivity contribution in [2.24, 2.45) is 0 Å². The Kier molecular flexibility index (Phi) is 4.99. The van der Waals surface area contributed by atoms with Crippen LogP contribution in [0.2, 0.25) is 0 Å². The Labute approximate surface area is 144 Å². The molecule has 0 unspecified atom stereocenters. The van der Waals surface area contributed by atoms with Gasteiger partial charge in [-0.3, -0.25) is 9.78 Å². The fourth-order valence-electron chi connectivity index (χ4n) is 2.24. The lowest BCUT2D eigenvalue weighted by Crippen LogP contribution is -2.16. The number of pyridine rings is 2. The molecule has 0 aliphatic heterocycles. The van der Waals surface area contributed by atoms with Crippen LogP contribution in [-0.4, -0.2) is 15.9 Å². The Balaban J connectivity index is 1.76. The molecular formula is C19H16FN3O2. The van der Waals surface area contributed by atoms with Gasteiger partial charge in [0.2, 0.25) is 0 Å². The van der Waals surface area contributed by atoms with E-state index in [1.807, 2.05) is 12.1 Å². The van der Waals surface area contributed by atoms with E-state index in [0.717, 1.165) is 5.56 Å². The molecule has 1 N–H and O–H groups in total. The SMILES string of the molecule is Cc1cccc(C(=O)Nc2ncccc2OCc2cccnc2)c1F. The molecule has 0 aliphatic rings. The molecule has 6 heteroatoms. The molecule has 0 spiro atoms. The molecule has 0 radical (unpaired) electrons. The van der Waals surface area contributed by atoms with E-state index in [-0.39, 0.29) is 18.0 Å². The van der Waals surface area contributed by atoms with Crippen LogP contribution in [0, 0.1) is 12.7 Å². The number of halogens is 1. The van der Waals surface area contributed by atoms with Gasteiger partial charge < -0.3 is 10.1 Å². The number of aromatic nitrogens is 2. The van der Waals surface area contributed by atoms with Gasteiger partial charge in [-0.1, -0.05) is 18.2 Å². The number of ether oxygens (including phenoxy) is 1. The summed E-state index contributed by atoms with van der Waals surface area (Å²) in [6, 6.07) is 11.7. The van der Waals surface area contributed by atoms with Crippen LogP contribution in [0.4, 0.5) is 10.2 Å². The van der Waals surface area contributed by atoms with E-state index >= 15 is 0 Å². The molecule has 1 amide bonds. The Morgan fingerprint density at radius 2 is 2.00 bits per heavy atom. The van der Waals surface area contributed by atoms with Crippen LogP contribution in [0.15, 0.2) is 61.1 Å². The molecule has 3 rings (SSSR count). The van der Waals surface area contributed by atoms with Crippen molar-refractivity contribution in [1.82, 2.24) is 9.97 Å². The maximum absolute atomic E-state index is 14.1. The Hall–Kier alpha value is -3.28. The summed E-state index contributed by atoms with van der Waals surface area (Å²) in [5.74, 6) is -0.495. The predicted molar refractivity (Wildman–Crippen MR) is 91.9 cm³/mol. The lowest BCUT2D eigenvalue weighted by atomic mass is 10.1. The minimum absolute atomic E-state index is 0.0381. The average molecular weight is 337 g/mol. The number of carbonyl (C=O) groups is 1. The fraction of sp³-hybridized carbons (Fsp3) is 0.105. The van der Waals surface area contributed by atoms with Crippen LogP contribution in [0.25, 0.3) is 0 Å². The van der Waals surface area contributed by atoms with Gasteiger partial charge in [0.1, 0.15) is 12.4 Å². The van der Waals surface area contributed by atoms with Crippen LogP contribution in [-0.2, 0) is 6.61 Å². The van der Waals surface area contributed by atoms with Gasteiger partial charge in [-0.2, -0.15) is 0 Å². The summed E-state index contributed by atoms with van der Waals surface area (Å²) in [4.78, 5) is 20.5. The Morgan fingerprint density at radius 1 is 1.16 bits per heavy atom. The molecule has 0 bridgehead atoms. The molecule has 2 aromatic heterocycles. The first kappa shape index (κ1) is 16.6. The third-order valence-electron chi connectivity index (χ3n) is 3.56. The summed E-state index contributed by atoms with van der Waals surface area (Å²) in [6.07, 6.45) is 4.89. The number of amides is 1. The number of nitrogens with one attached hydrogen (secondary N) is 1. The topological polar surface area (TPSA) is 64.1 Å². The van der Waals surface area contributed by atoms with Crippen LogP contribution in [0.3, 0.4) is 0 Å². The van der Waals surface area contributed by atoms with Gasteiger partial charge in [-0.25, -0.2) is 9.37 Å². The maximum Gasteiger partial charge on any atom is 0.259 e. The van der Waals surface area contributed by atoms with Crippen molar-refractivity contribution in [3.8, 4) is 5.75 Å². The van der Waals surface area contributed by atoms with Gasteiger partial charge in [0.05, 0.1) is 5.56 Å². The summed E-state index contributed by atoms with van der Waals surface area (Å²) < 4.78 is 19.8. The van der Waals surface area contributed by atoms with Gasteiger partial charge in [-0.05, 0) is 36.8 Å². The number of nitrogens with zero attached hydrogens (tertiary/aromatic N) is 2. The fourth-order valence-corrected chi connectivity index (χ4v) is 2.24. The van der Waals surface area contributed by atoms with E-state index < -0.39 is 11.7 Å². The second-order valence-corrected chi connectivity index (χ2v) is 5.39. The van der Waals surface area contributed by atoms with Crippen LogP contribution < -0.4 is 10.1 Å². The minimum Gasteiger partial charge on any atom is -0.485 e. The molecule has 25 heavy (non-hydrogen) atoms. The number of anilines is 1. The van der Waals surface area contributed by atoms with Crippen molar-refractivity contribution in [2.75, 3.05) is 5.32 Å². The molecule has 5 nitrogen and oxygen atoms in total. The van der Waals surface area contributed by atoms with Gasteiger partial charge >= 0.3 is 0 Å². The highest BCUT2D eigenvalue weighted by molar-refractivity contribution is 6.04. The number of aryl methyl sites for hydroxylation is 1. The van der Waals surface area contributed by atoms with Crippen LogP contribution in [0.5, 0.6) is 5.75 Å². The maximum atomic E-state index is 14.1. The molecule has 0 saturated heterocycles. The Bertz CT molecular complexity index is 885. The van der Waals surface area contributed by atoms with E-state index in [4.69, 9.17) is 4.74 Å². The van der Waals surface area contributed by atoms with Gasteiger partial charge in [0.15, 0.2) is 11.6 Å². The molecule has 0 fully saturated rings.